The predicted octanol–water partition coefficient (Wildman–Crippen LogP) is 0.602. The first kappa shape index (κ1) is 9.86. The predicted molar refractivity (Wildman–Crippen MR) is 50.5 cm³/mol. The maximum Gasteiger partial charge on any atom is 0.221 e. The van der Waals surface area contributed by atoms with Crippen molar-refractivity contribution in [2.24, 2.45) is 0 Å². The Bertz CT molecular complexity index is 166. The quantitative estimate of drug-likeness (QED) is 0.638. The lowest BCUT2D eigenvalue weighted by Crippen LogP contribution is -2.46. The second-order valence-electron chi connectivity index (χ2n) is 3.39. The van der Waals surface area contributed by atoms with Crippen LogP contribution < -0.4 is 5.32 Å². The number of carbonyl (C=O) groups excluding carboxylic acids is 1. The molecule has 0 aromatic carbocycles. The highest BCUT2D eigenvalue weighted by atomic mass is 32.1. The second kappa shape index (κ2) is 4.14. The van der Waals surface area contributed by atoms with Gasteiger partial charge in [-0.2, -0.15) is 12.6 Å². The molecule has 0 aromatic heterocycles. The molecule has 1 fully saturated rings. The fraction of sp³-hybridized carbons (Fsp3) is 0.875. The first-order valence-electron chi connectivity index (χ1n) is 4.16. The standard InChI is InChI=1S/C8H15NO2S/c1-8(3-4-11-6-8)9-7(10)2-5-12/h12H,2-6H2,1H3,(H,9,10). The van der Waals surface area contributed by atoms with Crippen molar-refractivity contribution >= 4 is 18.5 Å². The zero-order valence-corrected chi connectivity index (χ0v) is 8.19. The van der Waals surface area contributed by atoms with Crippen LogP contribution in [0.5, 0.6) is 0 Å². The molecule has 3 nitrogen and oxygen atoms in total. The molecule has 1 unspecified atom stereocenters. The maximum absolute atomic E-state index is 11.2. The molecule has 1 rings (SSSR count). The van der Waals surface area contributed by atoms with Gasteiger partial charge >= 0.3 is 0 Å². The highest BCUT2D eigenvalue weighted by molar-refractivity contribution is 7.80. The molecule has 4 heteroatoms. The van der Waals surface area contributed by atoms with E-state index in [4.69, 9.17) is 4.74 Å². The molecule has 0 saturated carbocycles. The first-order valence-corrected chi connectivity index (χ1v) is 4.79. The summed E-state index contributed by atoms with van der Waals surface area (Å²) in [5.74, 6) is 0.668. The van der Waals surface area contributed by atoms with Crippen LogP contribution in [0.1, 0.15) is 19.8 Å². The third-order valence-electron chi connectivity index (χ3n) is 2.00. The van der Waals surface area contributed by atoms with Crippen LogP contribution in [0, 0.1) is 0 Å². The minimum Gasteiger partial charge on any atom is -0.379 e. The fourth-order valence-electron chi connectivity index (χ4n) is 1.27. The van der Waals surface area contributed by atoms with Crippen molar-refractivity contribution in [1.82, 2.24) is 5.32 Å². The molecule has 0 aromatic rings. The van der Waals surface area contributed by atoms with E-state index in [-0.39, 0.29) is 11.4 Å². The van der Waals surface area contributed by atoms with Gasteiger partial charge in [0.2, 0.25) is 5.91 Å². The lowest BCUT2D eigenvalue weighted by Gasteiger charge is -2.23. The van der Waals surface area contributed by atoms with Crippen LogP contribution in [0.3, 0.4) is 0 Å². The van der Waals surface area contributed by atoms with Crippen LogP contribution in [-0.2, 0) is 9.53 Å². The molecule has 1 aliphatic heterocycles. The van der Waals surface area contributed by atoms with E-state index in [2.05, 4.69) is 17.9 Å². The Morgan fingerprint density at radius 3 is 3.00 bits per heavy atom. The van der Waals surface area contributed by atoms with Crippen LogP contribution in [0.2, 0.25) is 0 Å². The smallest absolute Gasteiger partial charge is 0.221 e. The topological polar surface area (TPSA) is 38.3 Å². The molecule has 0 spiro atoms. The van der Waals surface area contributed by atoms with Gasteiger partial charge in [-0.05, 0) is 19.1 Å². The molecule has 0 radical (unpaired) electrons. The minimum atomic E-state index is -0.139. The molecule has 0 aliphatic carbocycles. The monoisotopic (exact) mass is 189 g/mol. The number of thiol groups is 1. The van der Waals surface area contributed by atoms with Crippen LogP contribution in [0.25, 0.3) is 0 Å². The van der Waals surface area contributed by atoms with Gasteiger partial charge < -0.3 is 10.1 Å². The Morgan fingerprint density at radius 1 is 1.75 bits per heavy atom. The molecule has 1 amide bonds. The van der Waals surface area contributed by atoms with E-state index in [1.165, 1.54) is 0 Å². The molecule has 1 N–H and O–H groups in total. The van der Waals surface area contributed by atoms with E-state index < -0.39 is 0 Å². The highest BCUT2D eigenvalue weighted by Crippen LogP contribution is 2.17. The van der Waals surface area contributed by atoms with Gasteiger partial charge in [0, 0.05) is 13.0 Å². The van der Waals surface area contributed by atoms with Crippen molar-refractivity contribution in [3.8, 4) is 0 Å². The Hall–Kier alpha value is -0.220. The van der Waals surface area contributed by atoms with Gasteiger partial charge in [-0.3, -0.25) is 4.79 Å². The Morgan fingerprint density at radius 2 is 2.50 bits per heavy atom. The number of hydrogen-bond acceptors (Lipinski definition) is 3. The van der Waals surface area contributed by atoms with Gasteiger partial charge in [0.25, 0.3) is 0 Å². The van der Waals surface area contributed by atoms with E-state index in [0.29, 0.717) is 18.8 Å². The molecule has 1 saturated heterocycles. The van der Waals surface area contributed by atoms with E-state index >= 15 is 0 Å². The molecular weight excluding hydrogens is 174 g/mol. The third-order valence-corrected chi connectivity index (χ3v) is 2.22. The van der Waals surface area contributed by atoms with Crippen LogP contribution in [0.4, 0.5) is 0 Å². The maximum atomic E-state index is 11.2. The zero-order chi connectivity index (χ0) is 9.03. The van der Waals surface area contributed by atoms with E-state index in [1.807, 2.05) is 6.92 Å². The van der Waals surface area contributed by atoms with Crippen molar-refractivity contribution in [3.05, 3.63) is 0 Å². The summed E-state index contributed by atoms with van der Waals surface area (Å²) >= 11 is 3.99. The molecule has 1 heterocycles. The van der Waals surface area contributed by atoms with Crippen LogP contribution in [0.15, 0.2) is 0 Å². The number of amides is 1. The SMILES string of the molecule is CC1(NC(=O)CCS)CCOC1. The van der Waals surface area contributed by atoms with E-state index in [1.54, 1.807) is 0 Å². The average Bonchev–Trinajstić information content (AvgIpc) is 2.36. The summed E-state index contributed by atoms with van der Waals surface area (Å²) in [5, 5.41) is 2.94. The van der Waals surface area contributed by atoms with Gasteiger partial charge in [-0.1, -0.05) is 0 Å². The largest absolute Gasteiger partial charge is 0.379 e. The van der Waals surface area contributed by atoms with Gasteiger partial charge in [-0.25, -0.2) is 0 Å². The lowest BCUT2D eigenvalue weighted by molar-refractivity contribution is -0.122. The summed E-state index contributed by atoms with van der Waals surface area (Å²) in [6, 6.07) is 0. The molecule has 1 atom stereocenters. The van der Waals surface area contributed by atoms with Gasteiger partial charge in [0.15, 0.2) is 0 Å². The minimum absolute atomic E-state index is 0.0676. The third kappa shape index (κ3) is 2.68. The zero-order valence-electron chi connectivity index (χ0n) is 7.30. The van der Waals surface area contributed by atoms with Gasteiger partial charge in [0.1, 0.15) is 0 Å². The summed E-state index contributed by atoms with van der Waals surface area (Å²) in [4.78, 5) is 11.2. The number of hydrogen-bond donors (Lipinski definition) is 2. The summed E-state index contributed by atoms with van der Waals surface area (Å²) in [6.45, 7) is 3.39. The number of carbonyl (C=O) groups is 1. The summed E-state index contributed by atoms with van der Waals surface area (Å²) in [7, 11) is 0. The number of ether oxygens (including phenoxy) is 1. The van der Waals surface area contributed by atoms with Crippen molar-refractivity contribution in [2.45, 2.75) is 25.3 Å². The number of nitrogens with one attached hydrogen (secondary N) is 1. The van der Waals surface area contributed by atoms with Crippen molar-refractivity contribution in [1.29, 1.82) is 0 Å². The normalized spacial score (nSPS) is 28.8. The van der Waals surface area contributed by atoms with Crippen molar-refractivity contribution in [3.63, 3.8) is 0 Å². The molecule has 70 valence electrons. The van der Waals surface area contributed by atoms with Gasteiger partial charge in [0.05, 0.1) is 12.1 Å². The van der Waals surface area contributed by atoms with Crippen LogP contribution in [-0.4, -0.2) is 30.4 Å². The van der Waals surface area contributed by atoms with Crippen molar-refractivity contribution in [2.75, 3.05) is 19.0 Å². The van der Waals surface area contributed by atoms with E-state index in [9.17, 15) is 4.79 Å². The molecule has 12 heavy (non-hydrogen) atoms. The molecular formula is C8H15NO2S. The first-order chi connectivity index (χ1) is 5.66. The average molecular weight is 189 g/mol. The molecule has 1 aliphatic rings. The summed E-state index contributed by atoms with van der Waals surface area (Å²) in [6.07, 6.45) is 1.39. The number of rotatable bonds is 3. The Labute approximate surface area is 78.3 Å². The van der Waals surface area contributed by atoms with Gasteiger partial charge in [-0.15, -0.1) is 0 Å². The summed E-state index contributed by atoms with van der Waals surface area (Å²) in [5.41, 5.74) is -0.139. The second-order valence-corrected chi connectivity index (χ2v) is 3.83. The Balaban J connectivity index is 2.33. The molecule has 0 bridgehead atoms. The fourth-order valence-corrected chi connectivity index (χ4v) is 1.47. The van der Waals surface area contributed by atoms with Crippen LogP contribution >= 0.6 is 12.6 Å². The highest BCUT2D eigenvalue weighted by Gasteiger charge is 2.30. The lowest BCUT2D eigenvalue weighted by atomic mass is 10.0. The Kier molecular flexibility index (Phi) is 3.40. The summed E-state index contributed by atoms with van der Waals surface area (Å²) < 4.78 is 5.21. The van der Waals surface area contributed by atoms with Crippen molar-refractivity contribution < 1.29 is 9.53 Å². The van der Waals surface area contributed by atoms with E-state index in [0.717, 1.165) is 13.0 Å².